The summed E-state index contributed by atoms with van der Waals surface area (Å²) in [6.45, 7) is 1.91. The molecule has 1 aromatic rings. The first-order chi connectivity index (χ1) is 6.27. The lowest BCUT2D eigenvalue weighted by Crippen LogP contribution is -2.03. The fourth-order valence-corrected chi connectivity index (χ4v) is 1.23. The molecule has 66 valence electrons. The maximum atomic E-state index is 5.68. The summed E-state index contributed by atoms with van der Waals surface area (Å²) in [7, 11) is 0. The van der Waals surface area contributed by atoms with Gasteiger partial charge in [0, 0.05) is 17.5 Å². The molecule has 1 aromatic carbocycles. The van der Waals surface area contributed by atoms with E-state index in [-0.39, 0.29) is 0 Å². The number of aliphatic imine (C=N–C) groups is 1. The lowest BCUT2D eigenvalue weighted by molar-refractivity contribution is 1.17. The van der Waals surface area contributed by atoms with E-state index >= 15 is 0 Å². The summed E-state index contributed by atoms with van der Waals surface area (Å²) >= 11 is 0. The number of nitrogens with one attached hydrogen (secondary N) is 1. The quantitative estimate of drug-likeness (QED) is 0.627. The number of nitrogens with zero attached hydrogens (tertiary/aromatic N) is 1. The molecule has 0 spiro atoms. The lowest BCUT2D eigenvalue weighted by atomic mass is 10.2. The van der Waals surface area contributed by atoms with Crippen LogP contribution < -0.4 is 11.1 Å². The van der Waals surface area contributed by atoms with Gasteiger partial charge in [-0.05, 0) is 13.0 Å². The number of hydrogen-bond acceptors (Lipinski definition) is 3. The first kappa shape index (κ1) is 7.86. The second kappa shape index (κ2) is 2.94. The molecule has 1 heterocycles. The van der Waals surface area contributed by atoms with E-state index in [0.717, 1.165) is 16.9 Å². The predicted molar refractivity (Wildman–Crippen MR) is 54.5 cm³/mol. The molecule has 0 radical (unpaired) electrons. The Labute approximate surface area is 77.0 Å². The van der Waals surface area contributed by atoms with E-state index in [0.29, 0.717) is 5.82 Å². The van der Waals surface area contributed by atoms with Gasteiger partial charge in [0.05, 0.1) is 5.70 Å². The number of anilines is 1. The summed E-state index contributed by atoms with van der Waals surface area (Å²) in [5.41, 5.74) is 8.67. The highest BCUT2D eigenvalue weighted by Gasteiger charge is 2.05. The zero-order chi connectivity index (χ0) is 9.26. The van der Waals surface area contributed by atoms with Gasteiger partial charge < -0.3 is 11.1 Å². The minimum atomic E-state index is 0.538. The van der Waals surface area contributed by atoms with Crippen molar-refractivity contribution in [3.8, 4) is 0 Å². The zero-order valence-electron chi connectivity index (χ0n) is 7.41. The highest BCUT2D eigenvalue weighted by atomic mass is 15.0. The van der Waals surface area contributed by atoms with Crippen molar-refractivity contribution < 1.29 is 0 Å². The van der Waals surface area contributed by atoms with E-state index in [4.69, 9.17) is 5.73 Å². The van der Waals surface area contributed by atoms with Crippen LogP contribution in [0, 0.1) is 0 Å². The lowest BCUT2D eigenvalue weighted by Gasteiger charge is -2.06. The van der Waals surface area contributed by atoms with Crippen LogP contribution in [0.15, 0.2) is 40.8 Å². The summed E-state index contributed by atoms with van der Waals surface area (Å²) in [6, 6.07) is 7.96. The number of para-hydroxylation sites is 1. The SMILES string of the molecule is CC1=C(N)N=Cc2ccccc2N1. The maximum absolute atomic E-state index is 5.68. The highest BCUT2D eigenvalue weighted by Crippen LogP contribution is 2.18. The largest absolute Gasteiger partial charge is 0.382 e. The molecule has 0 saturated carbocycles. The first-order valence-corrected chi connectivity index (χ1v) is 4.14. The van der Waals surface area contributed by atoms with Crippen LogP contribution in [0.5, 0.6) is 0 Å². The third kappa shape index (κ3) is 1.40. The van der Waals surface area contributed by atoms with Crippen molar-refractivity contribution in [2.45, 2.75) is 6.92 Å². The van der Waals surface area contributed by atoms with Crippen molar-refractivity contribution in [2.75, 3.05) is 5.32 Å². The molecule has 3 nitrogen and oxygen atoms in total. The van der Waals surface area contributed by atoms with Crippen LogP contribution in [0.25, 0.3) is 0 Å². The molecule has 0 unspecified atom stereocenters. The van der Waals surface area contributed by atoms with E-state index in [1.54, 1.807) is 6.21 Å². The van der Waals surface area contributed by atoms with Gasteiger partial charge in [0.25, 0.3) is 0 Å². The molecule has 2 rings (SSSR count). The van der Waals surface area contributed by atoms with E-state index in [9.17, 15) is 0 Å². The van der Waals surface area contributed by atoms with Gasteiger partial charge in [-0.3, -0.25) is 0 Å². The molecule has 0 saturated heterocycles. The second-order valence-electron chi connectivity index (χ2n) is 2.98. The minimum Gasteiger partial charge on any atom is -0.382 e. The summed E-state index contributed by atoms with van der Waals surface area (Å²) in [4.78, 5) is 4.12. The zero-order valence-corrected chi connectivity index (χ0v) is 7.41. The van der Waals surface area contributed by atoms with Crippen LogP contribution in [0.4, 0.5) is 5.69 Å². The second-order valence-corrected chi connectivity index (χ2v) is 2.98. The number of fused-ring (bicyclic) bond motifs is 1. The fourth-order valence-electron chi connectivity index (χ4n) is 1.23. The van der Waals surface area contributed by atoms with Gasteiger partial charge in [-0.2, -0.15) is 0 Å². The van der Waals surface area contributed by atoms with Gasteiger partial charge in [-0.15, -0.1) is 0 Å². The Kier molecular flexibility index (Phi) is 1.77. The number of benzene rings is 1. The Balaban J connectivity index is 2.51. The first-order valence-electron chi connectivity index (χ1n) is 4.14. The van der Waals surface area contributed by atoms with Gasteiger partial charge in [0.2, 0.25) is 0 Å². The van der Waals surface area contributed by atoms with Crippen molar-refractivity contribution in [3.05, 3.63) is 41.3 Å². The molecule has 0 bridgehead atoms. The summed E-state index contributed by atoms with van der Waals surface area (Å²) < 4.78 is 0. The van der Waals surface area contributed by atoms with Crippen molar-refractivity contribution in [1.29, 1.82) is 0 Å². The molecule has 0 fully saturated rings. The molecular weight excluding hydrogens is 162 g/mol. The molecular formula is C10H11N3. The van der Waals surface area contributed by atoms with Gasteiger partial charge in [-0.1, -0.05) is 18.2 Å². The standard InChI is InChI=1S/C10H11N3/c1-7-10(11)12-6-8-4-2-3-5-9(8)13-7/h2-6,13H,11H2,1H3. The molecule has 3 heteroatoms. The monoisotopic (exact) mass is 173 g/mol. The van der Waals surface area contributed by atoms with Gasteiger partial charge >= 0.3 is 0 Å². The van der Waals surface area contributed by atoms with E-state index in [1.165, 1.54) is 0 Å². The normalized spacial score (nSPS) is 14.8. The van der Waals surface area contributed by atoms with Crippen LogP contribution in [0.2, 0.25) is 0 Å². The molecule has 0 amide bonds. The molecule has 0 aliphatic carbocycles. The van der Waals surface area contributed by atoms with Crippen molar-refractivity contribution in [1.82, 2.24) is 0 Å². The summed E-state index contributed by atoms with van der Waals surface area (Å²) in [6.07, 6.45) is 1.77. The average Bonchev–Trinajstić information content (AvgIpc) is 2.28. The molecule has 0 aromatic heterocycles. The van der Waals surface area contributed by atoms with Crippen LogP contribution in [0.3, 0.4) is 0 Å². The fraction of sp³-hybridized carbons (Fsp3) is 0.100. The molecule has 13 heavy (non-hydrogen) atoms. The third-order valence-corrected chi connectivity index (χ3v) is 2.01. The molecule has 0 atom stereocenters. The van der Waals surface area contributed by atoms with E-state index in [1.807, 2.05) is 31.2 Å². The van der Waals surface area contributed by atoms with Gasteiger partial charge in [0.15, 0.2) is 0 Å². The Hall–Kier alpha value is -1.77. The molecule has 3 N–H and O–H groups in total. The number of rotatable bonds is 0. The Morgan fingerprint density at radius 1 is 1.31 bits per heavy atom. The third-order valence-electron chi connectivity index (χ3n) is 2.01. The van der Waals surface area contributed by atoms with Crippen LogP contribution in [-0.2, 0) is 0 Å². The number of nitrogens with two attached hydrogens (primary N) is 1. The number of hydrogen-bond donors (Lipinski definition) is 2. The number of allylic oxidation sites excluding steroid dienone is 1. The molecule has 1 aliphatic heterocycles. The maximum Gasteiger partial charge on any atom is 0.142 e. The topological polar surface area (TPSA) is 50.4 Å². The predicted octanol–water partition coefficient (Wildman–Crippen LogP) is 1.68. The van der Waals surface area contributed by atoms with Crippen LogP contribution >= 0.6 is 0 Å². The van der Waals surface area contributed by atoms with E-state index in [2.05, 4.69) is 10.3 Å². The van der Waals surface area contributed by atoms with Crippen LogP contribution in [-0.4, -0.2) is 6.21 Å². The Bertz CT molecular complexity index is 391. The van der Waals surface area contributed by atoms with Crippen molar-refractivity contribution in [2.24, 2.45) is 10.7 Å². The van der Waals surface area contributed by atoms with Gasteiger partial charge in [0.1, 0.15) is 5.82 Å². The Morgan fingerprint density at radius 3 is 2.92 bits per heavy atom. The van der Waals surface area contributed by atoms with Crippen molar-refractivity contribution in [3.63, 3.8) is 0 Å². The average molecular weight is 173 g/mol. The van der Waals surface area contributed by atoms with Crippen molar-refractivity contribution >= 4 is 11.9 Å². The van der Waals surface area contributed by atoms with E-state index < -0.39 is 0 Å². The van der Waals surface area contributed by atoms with Gasteiger partial charge in [-0.25, -0.2) is 4.99 Å². The minimum absolute atomic E-state index is 0.538. The smallest absolute Gasteiger partial charge is 0.142 e. The summed E-state index contributed by atoms with van der Waals surface area (Å²) in [5, 5.41) is 3.20. The Morgan fingerprint density at radius 2 is 2.08 bits per heavy atom. The summed E-state index contributed by atoms with van der Waals surface area (Å²) in [5.74, 6) is 0.538. The molecule has 1 aliphatic rings. The van der Waals surface area contributed by atoms with Crippen LogP contribution in [0.1, 0.15) is 12.5 Å². The highest BCUT2D eigenvalue weighted by molar-refractivity contribution is 5.89.